The number of nitrogen functional groups attached to an aromatic ring is 1. The van der Waals surface area contributed by atoms with Crippen LogP contribution in [-0.4, -0.2) is 30.3 Å². The van der Waals surface area contributed by atoms with Gasteiger partial charge < -0.3 is 5.73 Å². The second kappa shape index (κ2) is 6.50. The second-order valence-corrected chi connectivity index (χ2v) is 8.24. The van der Waals surface area contributed by atoms with Crippen molar-refractivity contribution in [3.63, 3.8) is 0 Å². The number of aromatic nitrogens is 1. The van der Waals surface area contributed by atoms with Crippen molar-refractivity contribution in [1.29, 1.82) is 0 Å². The van der Waals surface area contributed by atoms with Gasteiger partial charge in [0.05, 0.1) is 5.02 Å². The number of sulfonamides is 1. The van der Waals surface area contributed by atoms with Gasteiger partial charge in [-0.15, -0.1) is 0 Å². The molecular formula is C14H22ClN3O2S. The summed E-state index contributed by atoms with van der Waals surface area (Å²) in [7, 11) is -3.59. The lowest BCUT2D eigenvalue weighted by Crippen LogP contribution is -2.41. The summed E-state index contributed by atoms with van der Waals surface area (Å²) in [4.78, 5) is 3.99. The molecule has 2 N–H and O–H groups in total. The summed E-state index contributed by atoms with van der Waals surface area (Å²) in [6.07, 6.45) is 5.29. The summed E-state index contributed by atoms with van der Waals surface area (Å²) in [5.74, 6) is 0.407. The van der Waals surface area contributed by atoms with E-state index in [0.717, 1.165) is 25.7 Å². The Kier molecular flexibility index (Phi) is 5.11. The van der Waals surface area contributed by atoms with Gasteiger partial charge in [-0.3, -0.25) is 0 Å². The van der Waals surface area contributed by atoms with Gasteiger partial charge in [0, 0.05) is 18.8 Å². The lowest BCUT2D eigenvalue weighted by molar-refractivity contribution is 0.292. The predicted octanol–water partition coefficient (Wildman–Crippen LogP) is 2.91. The third-order valence-electron chi connectivity index (χ3n) is 3.73. The van der Waals surface area contributed by atoms with Crippen LogP contribution < -0.4 is 5.73 Å². The van der Waals surface area contributed by atoms with Gasteiger partial charge >= 0.3 is 0 Å². The largest absolute Gasteiger partial charge is 0.382 e. The lowest BCUT2D eigenvalue weighted by Gasteiger charge is -2.29. The van der Waals surface area contributed by atoms with Gasteiger partial charge in [0.1, 0.15) is 10.7 Å². The molecule has 118 valence electrons. The van der Waals surface area contributed by atoms with Crippen LogP contribution in [0.5, 0.6) is 0 Å². The zero-order valence-electron chi connectivity index (χ0n) is 12.4. The van der Waals surface area contributed by atoms with Gasteiger partial charge in [-0.1, -0.05) is 38.3 Å². The van der Waals surface area contributed by atoms with Crippen LogP contribution in [0.15, 0.2) is 17.2 Å². The first kappa shape index (κ1) is 16.5. The molecule has 0 amide bonds. The molecule has 0 aliphatic heterocycles. The minimum atomic E-state index is -3.59. The number of nitrogens with two attached hydrogens (primary N) is 1. The molecule has 1 heterocycles. The molecular weight excluding hydrogens is 310 g/mol. The maximum atomic E-state index is 12.9. The summed E-state index contributed by atoms with van der Waals surface area (Å²) < 4.78 is 27.4. The molecule has 0 bridgehead atoms. The van der Waals surface area contributed by atoms with Crippen LogP contribution in [0.4, 0.5) is 5.82 Å². The van der Waals surface area contributed by atoms with Gasteiger partial charge in [-0.05, 0) is 24.8 Å². The number of hydrogen-bond acceptors (Lipinski definition) is 4. The molecule has 21 heavy (non-hydrogen) atoms. The molecule has 1 aromatic rings. The lowest BCUT2D eigenvalue weighted by atomic mass is 10.2. The first-order valence-corrected chi connectivity index (χ1v) is 9.07. The van der Waals surface area contributed by atoms with E-state index in [0.29, 0.717) is 6.54 Å². The summed E-state index contributed by atoms with van der Waals surface area (Å²) in [6, 6.07) is 1.47. The highest BCUT2D eigenvalue weighted by Gasteiger charge is 2.34. The van der Waals surface area contributed by atoms with Crippen LogP contribution in [0, 0.1) is 5.92 Å². The molecule has 1 fully saturated rings. The van der Waals surface area contributed by atoms with E-state index >= 15 is 0 Å². The number of nitrogens with zero attached hydrogens (tertiary/aromatic N) is 2. The van der Waals surface area contributed by atoms with Crippen molar-refractivity contribution in [2.75, 3.05) is 12.3 Å². The second-order valence-electron chi connectivity index (χ2n) is 5.94. The van der Waals surface area contributed by atoms with Gasteiger partial charge in [0.25, 0.3) is 0 Å². The van der Waals surface area contributed by atoms with Crippen LogP contribution >= 0.6 is 11.6 Å². The van der Waals surface area contributed by atoms with Crippen molar-refractivity contribution in [3.8, 4) is 0 Å². The molecule has 1 aliphatic rings. The number of pyridine rings is 1. The van der Waals surface area contributed by atoms with Gasteiger partial charge in [0.2, 0.25) is 10.0 Å². The first-order valence-electron chi connectivity index (χ1n) is 7.25. The number of hydrogen-bond donors (Lipinski definition) is 1. The maximum Gasteiger partial charge on any atom is 0.244 e. The summed E-state index contributed by atoms with van der Waals surface area (Å²) in [5, 5.41) is 0.173. The van der Waals surface area contributed by atoms with E-state index in [1.807, 2.05) is 13.8 Å². The predicted molar refractivity (Wildman–Crippen MR) is 84.6 cm³/mol. The van der Waals surface area contributed by atoms with E-state index in [2.05, 4.69) is 4.98 Å². The van der Waals surface area contributed by atoms with Gasteiger partial charge in [-0.25, -0.2) is 13.4 Å². The van der Waals surface area contributed by atoms with Crippen molar-refractivity contribution in [2.45, 2.75) is 50.5 Å². The molecule has 0 aromatic carbocycles. The van der Waals surface area contributed by atoms with Crippen molar-refractivity contribution in [1.82, 2.24) is 9.29 Å². The Labute approximate surface area is 131 Å². The van der Waals surface area contributed by atoms with Crippen LogP contribution in [0.1, 0.15) is 39.5 Å². The zero-order valence-corrected chi connectivity index (χ0v) is 14.0. The normalized spacial score (nSPS) is 17.0. The zero-order chi connectivity index (χ0) is 15.6. The molecule has 0 radical (unpaired) electrons. The van der Waals surface area contributed by atoms with Crippen molar-refractivity contribution in [2.24, 2.45) is 5.92 Å². The monoisotopic (exact) mass is 331 g/mol. The molecule has 0 saturated heterocycles. The highest BCUT2D eigenvalue weighted by Crippen LogP contribution is 2.30. The minimum absolute atomic E-state index is 0.0775. The van der Waals surface area contributed by atoms with E-state index < -0.39 is 10.0 Å². The SMILES string of the molecule is CC(C)CN(C1CCCC1)S(=O)(=O)c1cnc(N)c(Cl)c1. The third kappa shape index (κ3) is 3.67. The fourth-order valence-electron chi connectivity index (χ4n) is 2.70. The van der Waals surface area contributed by atoms with Crippen LogP contribution in [0.25, 0.3) is 0 Å². The molecule has 2 rings (SSSR count). The molecule has 0 atom stereocenters. The Hall–Kier alpha value is -0.850. The Morgan fingerprint density at radius 2 is 2.05 bits per heavy atom. The van der Waals surface area contributed by atoms with E-state index in [9.17, 15) is 8.42 Å². The molecule has 1 aromatic heterocycles. The van der Waals surface area contributed by atoms with Crippen LogP contribution in [-0.2, 0) is 10.0 Å². The van der Waals surface area contributed by atoms with Crippen LogP contribution in [0.3, 0.4) is 0 Å². The molecule has 1 aliphatic carbocycles. The fourth-order valence-corrected chi connectivity index (χ4v) is 4.76. The van der Waals surface area contributed by atoms with E-state index in [-0.39, 0.29) is 27.7 Å². The first-order chi connectivity index (χ1) is 9.82. The topological polar surface area (TPSA) is 76.3 Å². The maximum absolute atomic E-state index is 12.9. The molecule has 0 spiro atoms. The van der Waals surface area contributed by atoms with Gasteiger partial charge in [0.15, 0.2) is 0 Å². The van der Waals surface area contributed by atoms with Crippen LogP contribution in [0.2, 0.25) is 5.02 Å². The fraction of sp³-hybridized carbons (Fsp3) is 0.643. The number of anilines is 1. The summed E-state index contributed by atoms with van der Waals surface area (Å²) >= 11 is 5.92. The van der Waals surface area contributed by atoms with E-state index in [1.54, 1.807) is 4.31 Å². The Morgan fingerprint density at radius 3 is 2.57 bits per heavy atom. The molecule has 0 unspecified atom stereocenters. The summed E-state index contributed by atoms with van der Waals surface area (Å²) in [5.41, 5.74) is 5.56. The highest BCUT2D eigenvalue weighted by atomic mass is 35.5. The average Bonchev–Trinajstić information content (AvgIpc) is 2.92. The summed E-state index contributed by atoms with van der Waals surface area (Å²) in [6.45, 7) is 4.55. The Bertz CT molecular complexity index is 598. The standard InChI is InChI=1S/C14H22ClN3O2S/c1-10(2)9-18(11-5-3-4-6-11)21(19,20)12-7-13(15)14(16)17-8-12/h7-8,10-11H,3-6,9H2,1-2H3,(H2,16,17). The number of halogens is 1. The van der Waals surface area contributed by atoms with Gasteiger partial charge in [-0.2, -0.15) is 4.31 Å². The molecule has 7 heteroatoms. The highest BCUT2D eigenvalue weighted by molar-refractivity contribution is 7.89. The smallest absolute Gasteiger partial charge is 0.244 e. The number of rotatable bonds is 5. The molecule has 5 nitrogen and oxygen atoms in total. The van der Waals surface area contributed by atoms with E-state index in [4.69, 9.17) is 17.3 Å². The quantitative estimate of drug-likeness (QED) is 0.900. The van der Waals surface area contributed by atoms with Crippen molar-refractivity contribution in [3.05, 3.63) is 17.3 Å². The van der Waals surface area contributed by atoms with E-state index in [1.165, 1.54) is 12.3 Å². The Balaban J connectivity index is 2.38. The average molecular weight is 332 g/mol. The Morgan fingerprint density at radius 1 is 1.43 bits per heavy atom. The van der Waals surface area contributed by atoms with Crippen molar-refractivity contribution >= 4 is 27.4 Å². The van der Waals surface area contributed by atoms with Crippen molar-refractivity contribution < 1.29 is 8.42 Å². The minimum Gasteiger partial charge on any atom is -0.382 e. The molecule has 1 saturated carbocycles. The third-order valence-corrected chi connectivity index (χ3v) is 5.91.